The van der Waals surface area contributed by atoms with Crippen molar-refractivity contribution in [1.29, 1.82) is 0 Å². The quantitative estimate of drug-likeness (QED) is 0.913. The summed E-state index contributed by atoms with van der Waals surface area (Å²) in [6.45, 7) is 5.38. The van der Waals surface area contributed by atoms with Gasteiger partial charge >= 0.3 is 0 Å². The Labute approximate surface area is 128 Å². The Morgan fingerprint density at radius 1 is 1.05 bits per heavy atom. The second-order valence-electron chi connectivity index (χ2n) is 6.26. The molecule has 0 bridgehead atoms. The molecule has 0 aliphatic carbocycles. The number of hydrogen-bond donors (Lipinski definition) is 1. The zero-order valence-electron chi connectivity index (χ0n) is 12.6. The van der Waals surface area contributed by atoms with Crippen molar-refractivity contribution in [1.82, 2.24) is 4.90 Å². The summed E-state index contributed by atoms with van der Waals surface area (Å²) < 4.78 is 0. The van der Waals surface area contributed by atoms with E-state index >= 15 is 0 Å². The van der Waals surface area contributed by atoms with E-state index in [0.717, 1.165) is 11.4 Å². The normalized spacial score (nSPS) is 20.9. The van der Waals surface area contributed by atoms with Gasteiger partial charge in [0, 0.05) is 17.1 Å². The van der Waals surface area contributed by atoms with Crippen molar-refractivity contribution >= 4 is 11.6 Å². The van der Waals surface area contributed by atoms with Crippen LogP contribution < -0.4 is 5.73 Å². The zero-order chi connectivity index (χ0) is 14.4. The molecular formula is C17H27ClN2. The van der Waals surface area contributed by atoms with Gasteiger partial charge in [-0.15, -0.1) is 0 Å². The van der Waals surface area contributed by atoms with Crippen LogP contribution >= 0.6 is 11.6 Å². The smallest absolute Gasteiger partial charge is 0.0406 e. The predicted molar refractivity (Wildman–Crippen MR) is 87.3 cm³/mol. The molecule has 2 nitrogen and oxygen atoms in total. The van der Waals surface area contributed by atoms with E-state index in [1.165, 1.54) is 50.8 Å². The Kier molecular flexibility index (Phi) is 5.88. The highest BCUT2D eigenvalue weighted by molar-refractivity contribution is 6.30. The van der Waals surface area contributed by atoms with Gasteiger partial charge in [0.1, 0.15) is 0 Å². The summed E-state index contributed by atoms with van der Waals surface area (Å²) in [5.74, 6) is 0. The molecule has 1 fully saturated rings. The molecule has 2 rings (SSSR count). The Morgan fingerprint density at radius 2 is 1.60 bits per heavy atom. The minimum atomic E-state index is 0.0607. The van der Waals surface area contributed by atoms with Crippen molar-refractivity contribution in [3.8, 4) is 0 Å². The van der Waals surface area contributed by atoms with Gasteiger partial charge in [-0.3, -0.25) is 4.90 Å². The Balaban J connectivity index is 2.07. The number of rotatable bonds is 4. The van der Waals surface area contributed by atoms with Crippen molar-refractivity contribution in [2.45, 2.75) is 51.0 Å². The van der Waals surface area contributed by atoms with Gasteiger partial charge in [-0.05, 0) is 57.0 Å². The van der Waals surface area contributed by atoms with Crippen LogP contribution in [-0.4, -0.2) is 30.1 Å². The summed E-state index contributed by atoms with van der Waals surface area (Å²) in [6.07, 6.45) is 7.72. The number of likely N-dealkylation sites (tertiary alicyclic amines) is 1. The summed E-state index contributed by atoms with van der Waals surface area (Å²) in [7, 11) is 0. The fraction of sp³-hybridized carbons (Fsp3) is 0.647. The first-order chi connectivity index (χ1) is 9.64. The first-order valence-electron chi connectivity index (χ1n) is 7.84. The Bertz CT molecular complexity index is 396. The largest absolute Gasteiger partial charge is 0.329 e. The van der Waals surface area contributed by atoms with E-state index in [4.69, 9.17) is 17.3 Å². The average molecular weight is 295 g/mol. The lowest BCUT2D eigenvalue weighted by molar-refractivity contribution is 0.0990. The van der Waals surface area contributed by atoms with Crippen LogP contribution in [0.4, 0.5) is 0 Å². The second-order valence-corrected chi connectivity index (χ2v) is 6.70. The predicted octanol–water partition coefficient (Wildman–Crippen LogP) is 3.87. The van der Waals surface area contributed by atoms with Crippen molar-refractivity contribution in [2.24, 2.45) is 5.73 Å². The molecule has 0 amide bonds. The highest BCUT2D eigenvalue weighted by Gasteiger charge is 2.30. The molecule has 1 heterocycles. The van der Waals surface area contributed by atoms with E-state index in [9.17, 15) is 0 Å². The van der Waals surface area contributed by atoms with Crippen LogP contribution in [-0.2, 0) is 6.42 Å². The molecule has 3 heteroatoms. The van der Waals surface area contributed by atoms with Gasteiger partial charge in [-0.1, -0.05) is 43.0 Å². The first kappa shape index (κ1) is 15.8. The van der Waals surface area contributed by atoms with Gasteiger partial charge in [0.05, 0.1) is 0 Å². The van der Waals surface area contributed by atoms with Crippen LogP contribution in [0.2, 0.25) is 5.02 Å². The molecule has 1 aromatic carbocycles. The van der Waals surface area contributed by atoms with Crippen LogP contribution in [0.25, 0.3) is 0 Å². The average Bonchev–Trinajstić information content (AvgIpc) is 2.41. The van der Waals surface area contributed by atoms with E-state index in [-0.39, 0.29) is 5.54 Å². The summed E-state index contributed by atoms with van der Waals surface area (Å²) >= 11 is 5.97. The topological polar surface area (TPSA) is 29.3 Å². The number of nitrogens with zero attached hydrogens (tertiary/aromatic N) is 1. The molecule has 20 heavy (non-hydrogen) atoms. The molecule has 1 saturated heterocycles. The third-order valence-electron chi connectivity index (χ3n) is 4.56. The number of halogens is 1. The molecule has 0 radical (unpaired) electrons. The summed E-state index contributed by atoms with van der Waals surface area (Å²) in [5.41, 5.74) is 7.52. The molecule has 1 aliphatic heterocycles. The van der Waals surface area contributed by atoms with E-state index < -0.39 is 0 Å². The van der Waals surface area contributed by atoms with Crippen LogP contribution in [0.1, 0.15) is 44.6 Å². The minimum absolute atomic E-state index is 0.0607. The lowest BCUT2D eigenvalue weighted by Gasteiger charge is -2.42. The van der Waals surface area contributed by atoms with E-state index in [0.29, 0.717) is 6.54 Å². The fourth-order valence-electron chi connectivity index (χ4n) is 3.14. The Morgan fingerprint density at radius 3 is 2.15 bits per heavy atom. The maximum atomic E-state index is 6.14. The maximum Gasteiger partial charge on any atom is 0.0406 e. The monoisotopic (exact) mass is 294 g/mol. The summed E-state index contributed by atoms with van der Waals surface area (Å²) in [4.78, 5) is 2.61. The summed E-state index contributed by atoms with van der Waals surface area (Å²) in [6, 6.07) is 8.20. The molecule has 1 unspecified atom stereocenters. The summed E-state index contributed by atoms with van der Waals surface area (Å²) in [5, 5.41) is 0.800. The molecule has 1 atom stereocenters. The fourth-order valence-corrected chi connectivity index (χ4v) is 3.27. The molecule has 1 aromatic rings. The SMILES string of the molecule is CC(CN)(Cc1ccc(Cl)cc1)N1CCCCCCC1. The number of nitrogens with two attached hydrogens (primary N) is 1. The van der Waals surface area contributed by atoms with Gasteiger partial charge in [0.15, 0.2) is 0 Å². The second kappa shape index (κ2) is 7.44. The van der Waals surface area contributed by atoms with Crippen molar-refractivity contribution in [3.05, 3.63) is 34.9 Å². The third kappa shape index (κ3) is 4.21. The molecule has 0 aromatic heterocycles. The molecule has 112 valence electrons. The van der Waals surface area contributed by atoms with Crippen molar-refractivity contribution in [3.63, 3.8) is 0 Å². The lowest BCUT2D eigenvalue weighted by atomic mass is 9.89. The highest BCUT2D eigenvalue weighted by atomic mass is 35.5. The zero-order valence-corrected chi connectivity index (χ0v) is 13.3. The van der Waals surface area contributed by atoms with Gasteiger partial charge in [0.2, 0.25) is 0 Å². The molecular weight excluding hydrogens is 268 g/mol. The van der Waals surface area contributed by atoms with Crippen LogP contribution in [0.15, 0.2) is 24.3 Å². The van der Waals surface area contributed by atoms with Gasteiger partial charge in [-0.25, -0.2) is 0 Å². The molecule has 0 saturated carbocycles. The van der Waals surface area contributed by atoms with Crippen LogP contribution in [0.3, 0.4) is 0 Å². The van der Waals surface area contributed by atoms with E-state index in [2.05, 4.69) is 24.0 Å². The Hall–Kier alpha value is -0.570. The van der Waals surface area contributed by atoms with E-state index in [1.54, 1.807) is 0 Å². The van der Waals surface area contributed by atoms with Crippen molar-refractivity contribution < 1.29 is 0 Å². The lowest BCUT2D eigenvalue weighted by Crippen LogP contribution is -2.54. The first-order valence-corrected chi connectivity index (χ1v) is 8.21. The molecule has 2 N–H and O–H groups in total. The minimum Gasteiger partial charge on any atom is -0.329 e. The maximum absolute atomic E-state index is 6.14. The van der Waals surface area contributed by atoms with E-state index in [1.807, 2.05) is 12.1 Å². The third-order valence-corrected chi connectivity index (χ3v) is 4.81. The number of benzene rings is 1. The molecule has 1 aliphatic rings. The number of hydrogen-bond acceptors (Lipinski definition) is 2. The standard InChI is InChI=1S/C17H27ClN2/c1-17(14-19,13-15-7-9-16(18)10-8-15)20-11-5-3-2-4-6-12-20/h7-10H,2-6,11-14,19H2,1H3. The van der Waals surface area contributed by atoms with Crippen molar-refractivity contribution in [2.75, 3.05) is 19.6 Å². The van der Waals surface area contributed by atoms with Gasteiger partial charge in [0.25, 0.3) is 0 Å². The van der Waals surface area contributed by atoms with Crippen LogP contribution in [0, 0.1) is 0 Å². The van der Waals surface area contributed by atoms with Gasteiger partial charge in [-0.2, -0.15) is 0 Å². The van der Waals surface area contributed by atoms with Crippen LogP contribution in [0.5, 0.6) is 0 Å². The van der Waals surface area contributed by atoms with Gasteiger partial charge < -0.3 is 5.73 Å². The highest BCUT2D eigenvalue weighted by Crippen LogP contribution is 2.24. The molecule has 0 spiro atoms.